The minimum Gasteiger partial charge on any atom is -0.380 e. The number of rotatable bonds is 8. The van der Waals surface area contributed by atoms with Gasteiger partial charge in [-0.15, -0.1) is 24.0 Å². The summed E-state index contributed by atoms with van der Waals surface area (Å²) in [7, 11) is 3.52. The van der Waals surface area contributed by atoms with Gasteiger partial charge in [0.2, 0.25) is 0 Å². The molecule has 0 fully saturated rings. The van der Waals surface area contributed by atoms with Gasteiger partial charge in [-0.3, -0.25) is 4.99 Å². The number of aliphatic imine (C=N–C) groups is 1. The highest BCUT2D eigenvalue weighted by Gasteiger charge is 2.02. The van der Waals surface area contributed by atoms with Gasteiger partial charge in [0.05, 0.1) is 6.61 Å². The van der Waals surface area contributed by atoms with E-state index in [9.17, 15) is 0 Å². The highest BCUT2D eigenvalue weighted by molar-refractivity contribution is 14.0. The lowest BCUT2D eigenvalue weighted by molar-refractivity contribution is 0.185. The Morgan fingerprint density at radius 3 is 2.68 bits per heavy atom. The summed E-state index contributed by atoms with van der Waals surface area (Å²) in [5.41, 5.74) is 3.68. The van der Waals surface area contributed by atoms with Crippen LogP contribution in [0.4, 0.5) is 0 Å². The maximum atomic E-state index is 5.19. The molecular weight excluding hydrogens is 463 g/mol. The summed E-state index contributed by atoms with van der Waals surface area (Å²) in [6.45, 7) is 3.22. The molecule has 28 heavy (non-hydrogen) atoms. The van der Waals surface area contributed by atoms with Gasteiger partial charge in [0.25, 0.3) is 0 Å². The predicted molar refractivity (Wildman–Crippen MR) is 127 cm³/mol. The van der Waals surface area contributed by atoms with Crippen LogP contribution < -0.4 is 10.6 Å². The van der Waals surface area contributed by atoms with Gasteiger partial charge < -0.3 is 19.9 Å². The second-order valence-corrected chi connectivity index (χ2v) is 6.53. The standard InChI is InChI=1S/C22H28N4O.HI/c1-23-22(25-16-18-7-5-8-19(15-18)17-27-2)24-12-6-13-26-14-11-20-9-3-4-10-21(20)26;/h3-5,7-11,14-15H,6,12-13,16-17H2,1-2H3,(H2,23,24,25);1H. The van der Waals surface area contributed by atoms with Crippen LogP contribution in [0.5, 0.6) is 0 Å². The topological polar surface area (TPSA) is 50.6 Å². The van der Waals surface area contributed by atoms with Gasteiger partial charge in [-0.1, -0.05) is 42.5 Å². The normalized spacial score (nSPS) is 11.3. The van der Waals surface area contributed by atoms with Gasteiger partial charge in [-0.25, -0.2) is 0 Å². The Bertz CT molecular complexity index is 891. The minimum absolute atomic E-state index is 0. The Balaban J connectivity index is 0.00000280. The van der Waals surface area contributed by atoms with E-state index in [0.717, 1.165) is 32.0 Å². The minimum atomic E-state index is 0. The Morgan fingerprint density at radius 2 is 1.86 bits per heavy atom. The molecule has 150 valence electrons. The molecule has 0 spiro atoms. The zero-order valence-corrected chi connectivity index (χ0v) is 18.9. The number of para-hydroxylation sites is 1. The van der Waals surface area contributed by atoms with Crippen molar-refractivity contribution in [2.75, 3.05) is 20.7 Å². The van der Waals surface area contributed by atoms with Crippen LogP contribution in [0.1, 0.15) is 17.5 Å². The van der Waals surface area contributed by atoms with Crippen LogP contribution in [0.2, 0.25) is 0 Å². The Hall–Kier alpha value is -2.06. The fourth-order valence-electron chi connectivity index (χ4n) is 3.19. The molecule has 0 aliphatic carbocycles. The van der Waals surface area contributed by atoms with Crippen LogP contribution >= 0.6 is 24.0 Å². The molecule has 0 aliphatic heterocycles. The lowest BCUT2D eigenvalue weighted by Crippen LogP contribution is -2.37. The van der Waals surface area contributed by atoms with E-state index < -0.39 is 0 Å². The number of halogens is 1. The highest BCUT2D eigenvalue weighted by atomic mass is 127. The number of ether oxygens (including phenoxy) is 1. The van der Waals surface area contributed by atoms with Gasteiger partial charge in [0.1, 0.15) is 0 Å². The number of aryl methyl sites for hydroxylation is 1. The fraction of sp³-hybridized carbons (Fsp3) is 0.318. The maximum Gasteiger partial charge on any atom is 0.191 e. The number of guanidine groups is 1. The van der Waals surface area contributed by atoms with Crippen molar-refractivity contribution in [1.29, 1.82) is 0 Å². The van der Waals surface area contributed by atoms with E-state index in [-0.39, 0.29) is 24.0 Å². The van der Waals surface area contributed by atoms with Gasteiger partial charge in [-0.2, -0.15) is 0 Å². The first-order valence-corrected chi connectivity index (χ1v) is 9.35. The van der Waals surface area contributed by atoms with Gasteiger partial charge in [0, 0.05) is 45.5 Å². The summed E-state index contributed by atoms with van der Waals surface area (Å²) in [5, 5.41) is 8.05. The monoisotopic (exact) mass is 492 g/mol. The van der Waals surface area contributed by atoms with E-state index in [1.54, 1.807) is 14.2 Å². The third-order valence-electron chi connectivity index (χ3n) is 4.53. The molecule has 0 atom stereocenters. The van der Waals surface area contributed by atoms with Gasteiger partial charge >= 0.3 is 0 Å². The van der Waals surface area contributed by atoms with Crippen LogP contribution in [0.15, 0.2) is 65.8 Å². The molecule has 2 aromatic carbocycles. The SMILES string of the molecule is CN=C(NCCCn1ccc2ccccc21)NCc1cccc(COC)c1.I. The second kappa shape index (κ2) is 11.7. The molecule has 0 bridgehead atoms. The number of benzene rings is 2. The molecule has 1 aromatic heterocycles. The third kappa shape index (κ3) is 6.24. The van der Waals surface area contributed by atoms with Crippen molar-refractivity contribution in [3.8, 4) is 0 Å². The zero-order valence-electron chi connectivity index (χ0n) is 16.5. The Morgan fingerprint density at radius 1 is 1.04 bits per heavy atom. The molecular formula is C22H29IN4O. The van der Waals surface area contributed by atoms with Crippen LogP contribution in [0.3, 0.4) is 0 Å². The summed E-state index contributed by atoms with van der Waals surface area (Å²) in [6.07, 6.45) is 3.19. The van der Waals surface area contributed by atoms with Crippen LogP contribution in [-0.4, -0.2) is 31.2 Å². The zero-order chi connectivity index (χ0) is 18.9. The number of hydrogen-bond acceptors (Lipinski definition) is 2. The van der Waals surface area contributed by atoms with Crippen molar-refractivity contribution >= 4 is 40.8 Å². The summed E-state index contributed by atoms with van der Waals surface area (Å²) >= 11 is 0. The molecule has 0 saturated carbocycles. The van der Waals surface area contributed by atoms with Crippen molar-refractivity contribution in [3.05, 3.63) is 71.9 Å². The van der Waals surface area contributed by atoms with E-state index >= 15 is 0 Å². The summed E-state index contributed by atoms with van der Waals surface area (Å²) in [4.78, 5) is 4.31. The number of fused-ring (bicyclic) bond motifs is 1. The average molecular weight is 492 g/mol. The Kier molecular flexibility index (Phi) is 9.30. The second-order valence-electron chi connectivity index (χ2n) is 6.53. The molecule has 0 aliphatic rings. The number of nitrogens with one attached hydrogen (secondary N) is 2. The van der Waals surface area contributed by atoms with Crippen molar-refractivity contribution in [3.63, 3.8) is 0 Å². The first-order valence-electron chi connectivity index (χ1n) is 9.35. The molecule has 1 heterocycles. The fourth-order valence-corrected chi connectivity index (χ4v) is 3.19. The van der Waals surface area contributed by atoms with Crippen LogP contribution in [-0.2, 0) is 24.4 Å². The molecule has 3 aromatic rings. The summed E-state index contributed by atoms with van der Waals surface area (Å²) < 4.78 is 7.49. The first-order chi connectivity index (χ1) is 13.3. The highest BCUT2D eigenvalue weighted by Crippen LogP contribution is 2.15. The average Bonchev–Trinajstić information content (AvgIpc) is 3.11. The smallest absolute Gasteiger partial charge is 0.191 e. The first kappa shape index (κ1) is 22.2. The predicted octanol–water partition coefficient (Wildman–Crippen LogP) is 4.16. The van der Waals surface area contributed by atoms with E-state index in [2.05, 4.69) is 81.0 Å². The number of methoxy groups -OCH3 is 1. The quantitative estimate of drug-likeness (QED) is 0.215. The van der Waals surface area contributed by atoms with E-state index in [0.29, 0.717) is 6.61 Å². The molecule has 0 radical (unpaired) electrons. The maximum absolute atomic E-state index is 5.19. The largest absolute Gasteiger partial charge is 0.380 e. The molecule has 3 rings (SSSR count). The van der Waals surface area contributed by atoms with Crippen molar-refractivity contribution in [2.24, 2.45) is 4.99 Å². The Labute approximate surface area is 184 Å². The lowest BCUT2D eigenvalue weighted by Gasteiger charge is -2.13. The van der Waals surface area contributed by atoms with Crippen molar-refractivity contribution in [1.82, 2.24) is 15.2 Å². The number of hydrogen-bond donors (Lipinski definition) is 2. The van der Waals surface area contributed by atoms with E-state index in [4.69, 9.17) is 4.74 Å². The third-order valence-corrected chi connectivity index (χ3v) is 4.53. The number of aromatic nitrogens is 1. The molecule has 2 N–H and O–H groups in total. The van der Waals surface area contributed by atoms with Crippen LogP contribution in [0, 0.1) is 0 Å². The molecule has 0 amide bonds. The number of nitrogens with zero attached hydrogens (tertiary/aromatic N) is 2. The van der Waals surface area contributed by atoms with Gasteiger partial charge in [-0.05, 0) is 35.1 Å². The van der Waals surface area contributed by atoms with Crippen molar-refractivity contribution in [2.45, 2.75) is 26.1 Å². The van der Waals surface area contributed by atoms with E-state index in [1.165, 1.54) is 22.0 Å². The lowest BCUT2D eigenvalue weighted by atomic mass is 10.1. The molecule has 6 heteroatoms. The molecule has 5 nitrogen and oxygen atoms in total. The van der Waals surface area contributed by atoms with E-state index in [1.807, 2.05) is 0 Å². The van der Waals surface area contributed by atoms with Crippen molar-refractivity contribution < 1.29 is 4.74 Å². The molecule has 0 unspecified atom stereocenters. The summed E-state index contributed by atoms with van der Waals surface area (Å²) in [6, 6.07) is 19.0. The van der Waals surface area contributed by atoms with Crippen LogP contribution in [0.25, 0.3) is 10.9 Å². The summed E-state index contributed by atoms with van der Waals surface area (Å²) in [5.74, 6) is 0.824. The van der Waals surface area contributed by atoms with Gasteiger partial charge in [0.15, 0.2) is 5.96 Å². The molecule has 0 saturated heterocycles.